The van der Waals surface area contributed by atoms with Gasteiger partial charge in [-0.25, -0.2) is 4.98 Å². The second kappa shape index (κ2) is 5.61. The summed E-state index contributed by atoms with van der Waals surface area (Å²) in [6.07, 6.45) is 0. The van der Waals surface area contributed by atoms with Gasteiger partial charge >= 0.3 is 0 Å². The first-order chi connectivity index (χ1) is 9.01. The lowest BCUT2D eigenvalue weighted by Crippen LogP contribution is -2.09. The molecule has 0 fully saturated rings. The highest BCUT2D eigenvalue weighted by Gasteiger charge is 2.14. The van der Waals surface area contributed by atoms with E-state index in [0.717, 1.165) is 22.1 Å². The molecule has 0 saturated carbocycles. The summed E-state index contributed by atoms with van der Waals surface area (Å²) < 4.78 is 5.39. The maximum absolute atomic E-state index is 5.39. The van der Waals surface area contributed by atoms with Crippen LogP contribution in [-0.4, -0.2) is 12.1 Å². The fraction of sp³-hybridized carbons (Fsp3) is 0.400. The van der Waals surface area contributed by atoms with Gasteiger partial charge in [0.05, 0.1) is 29.5 Å². The van der Waals surface area contributed by atoms with E-state index in [4.69, 9.17) is 4.74 Å². The Morgan fingerprint density at radius 1 is 1.26 bits per heavy atom. The van der Waals surface area contributed by atoms with Crippen LogP contribution in [0.4, 0.5) is 5.69 Å². The van der Waals surface area contributed by atoms with Gasteiger partial charge in [-0.1, -0.05) is 6.07 Å². The normalized spacial score (nSPS) is 12.3. The minimum Gasteiger partial charge on any atom is -0.495 e. The number of anilines is 1. The lowest BCUT2D eigenvalue weighted by atomic mass is 10.1. The van der Waals surface area contributed by atoms with Crippen molar-refractivity contribution in [1.29, 1.82) is 0 Å². The molecule has 0 aliphatic carbocycles. The molecule has 1 aromatic heterocycles. The van der Waals surface area contributed by atoms with Crippen molar-refractivity contribution in [2.75, 3.05) is 12.4 Å². The van der Waals surface area contributed by atoms with E-state index in [-0.39, 0.29) is 6.04 Å². The number of aromatic nitrogens is 1. The zero-order valence-electron chi connectivity index (χ0n) is 12.1. The molecule has 19 heavy (non-hydrogen) atoms. The number of aryl methyl sites for hydroxylation is 3. The molecule has 2 aromatic rings. The van der Waals surface area contributed by atoms with Crippen LogP contribution in [0.1, 0.15) is 34.1 Å². The Labute approximate surface area is 118 Å². The fourth-order valence-corrected chi connectivity index (χ4v) is 3.10. The summed E-state index contributed by atoms with van der Waals surface area (Å²) in [5.74, 6) is 0.863. The zero-order valence-corrected chi connectivity index (χ0v) is 12.9. The van der Waals surface area contributed by atoms with Gasteiger partial charge in [0, 0.05) is 4.88 Å². The highest BCUT2D eigenvalue weighted by Crippen LogP contribution is 2.31. The van der Waals surface area contributed by atoms with E-state index >= 15 is 0 Å². The van der Waals surface area contributed by atoms with Gasteiger partial charge in [0.1, 0.15) is 5.75 Å². The molecule has 1 N–H and O–H groups in total. The fourth-order valence-electron chi connectivity index (χ4n) is 2.18. The molecule has 4 heteroatoms. The second-order valence-electron chi connectivity index (χ2n) is 4.74. The molecule has 1 heterocycles. The number of nitrogens with one attached hydrogen (secondary N) is 1. The van der Waals surface area contributed by atoms with Crippen LogP contribution in [-0.2, 0) is 0 Å². The maximum Gasteiger partial charge on any atom is 0.141 e. The molecule has 102 valence electrons. The maximum atomic E-state index is 5.39. The smallest absolute Gasteiger partial charge is 0.141 e. The largest absolute Gasteiger partial charge is 0.495 e. The van der Waals surface area contributed by atoms with E-state index in [1.807, 2.05) is 19.1 Å². The quantitative estimate of drug-likeness (QED) is 0.906. The van der Waals surface area contributed by atoms with Crippen LogP contribution >= 0.6 is 11.3 Å². The molecular formula is C15H20N2OS. The van der Waals surface area contributed by atoms with Gasteiger partial charge in [0.25, 0.3) is 0 Å². The third kappa shape index (κ3) is 3.07. The van der Waals surface area contributed by atoms with Crippen molar-refractivity contribution in [2.24, 2.45) is 0 Å². The van der Waals surface area contributed by atoms with Crippen molar-refractivity contribution in [3.8, 4) is 5.75 Å². The summed E-state index contributed by atoms with van der Waals surface area (Å²) in [4.78, 5) is 5.87. The molecule has 3 nitrogen and oxygen atoms in total. The van der Waals surface area contributed by atoms with E-state index in [9.17, 15) is 0 Å². The average molecular weight is 276 g/mol. The van der Waals surface area contributed by atoms with Gasteiger partial charge in [-0.2, -0.15) is 0 Å². The van der Waals surface area contributed by atoms with Gasteiger partial charge in [0.2, 0.25) is 0 Å². The molecule has 0 bridgehead atoms. The number of hydrogen-bond acceptors (Lipinski definition) is 4. The summed E-state index contributed by atoms with van der Waals surface area (Å²) in [6.45, 7) is 8.36. The van der Waals surface area contributed by atoms with E-state index in [0.29, 0.717) is 0 Å². The van der Waals surface area contributed by atoms with Crippen LogP contribution in [0.15, 0.2) is 18.2 Å². The minimum absolute atomic E-state index is 0.167. The number of rotatable bonds is 4. The van der Waals surface area contributed by atoms with Crippen LogP contribution in [0.3, 0.4) is 0 Å². The van der Waals surface area contributed by atoms with Gasteiger partial charge in [0.15, 0.2) is 0 Å². The SMILES string of the molecule is COc1ccc(C)cc1NC(C)c1nc(C)sc1C. The topological polar surface area (TPSA) is 34.1 Å². The van der Waals surface area contributed by atoms with Crippen LogP contribution in [0.2, 0.25) is 0 Å². The predicted octanol–water partition coefficient (Wildman–Crippen LogP) is 4.25. The Morgan fingerprint density at radius 3 is 2.58 bits per heavy atom. The summed E-state index contributed by atoms with van der Waals surface area (Å²) in [5, 5.41) is 4.60. The van der Waals surface area contributed by atoms with Gasteiger partial charge in [-0.15, -0.1) is 11.3 Å². The number of hydrogen-bond donors (Lipinski definition) is 1. The first-order valence-electron chi connectivity index (χ1n) is 6.36. The number of methoxy groups -OCH3 is 1. The zero-order chi connectivity index (χ0) is 14.0. The molecule has 0 saturated heterocycles. The van der Waals surface area contributed by atoms with Gasteiger partial charge in [-0.3, -0.25) is 0 Å². The molecule has 2 rings (SSSR count). The summed E-state index contributed by atoms with van der Waals surface area (Å²) in [6, 6.07) is 6.31. The predicted molar refractivity (Wildman–Crippen MR) is 81.4 cm³/mol. The molecule has 0 amide bonds. The Hall–Kier alpha value is -1.55. The Balaban J connectivity index is 2.25. The van der Waals surface area contributed by atoms with E-state index in [1.165, 1.54) is 10.4 Å². The van der Waals surface area contributed by atoms with Crippen molar-refractivity contribution < 1.29 is 4.74 Å². The summed E-state index contributed by atoms with van der Waals surface area (Å²) in [7, 11) is 1.69. The lowest BCUT2D eigenvalue weighted by Gasteiger charge is -2.17. The molecule has 1 aromatic carbocycles. The Bertz CT molecular complexity index is 578. The lowest BCUT2D eigenvalue weighted by molar-refractivity contribution is 0.416. The van der Waals surface area contributed by atoms with Crippen molar-refractivity contribution in [2.45, 2.75) is 33.7 Å². The van der Waals surface area contributed by atoms with Crippen molar-refractivity contribution in [3.63, 3.8) is 0 Å². The molecule has 0 aliphatic rings. The number of ether oxygens (including phenoxy) is 1. The summed E-state index contributed by atoms with van der Waals surface area (Å²) in [5.41, 5.74) is 3.34. The minimum atomic E-state index is 0.167. The van der Waals surface area contributed by atoms with Crippen LogP contribution < -0.4 is 10.1 Å². The monoisotopic (exact) mass is 276 g/mol. The first kappa shape index (κ1) is 13.9. The van der Waals surface area contributed by atoms with E-state index in [1.54, 1.807) is 18.4 Å². The third-order valence-corrected chi connectivity index (χ3v) is 3.98. The second-order valence-corrected chi connectivity index (χ2v) is 6.15. The number of benzene rings is 1. The van der Waals surface area contributed by atoms with Gasteiger partial charge in [-0.05, 0) is 45.4 Å². The standard InChI is InChI=1S/C15H20N2OS/c1-9-6-7-14(18-5)13(8-9)16-10(2)15-11(3)19-12(4)17-15/h6-8,10,16H,1-5H3. The van der Waals surface area contributed by atoms with Crippen LogP contribution in [0.25, 0.3) is 0 Å². The van der Waals surface area contributed by atoms with Crippen molar-refractivity contribution >= 4 is 17.0 Å². The van der Waals surface area contributed by atoms with Crippen molar-refractivity contribution in [1.82, 2.24) is 4.98 Å². The average Bonchev–Trinajstić information content (AvgIpc) is 2.69. The molecule has 0 aliphatic heterocycles. The van der Waals surface area contributed by atoms with Gasteiger partial charge < -0.3 is 10.1 Å². The highest BCUT2D eigenvalue weighted by molar-refractivity contribution is 7.11. The molecule has 0 radical (unpaired) electrons. The van der Waals surface area contributed by atoms with Crippen molar-refractivity contribution in [3.05, 3.63) is 39.3 Å². The molecule has 0 spiro atoms. The Morgan fingerprint density at radius 2 is 2.00 bits per heavy atom. The molecule has 1 atom stereocenters. The van der Waals surface area contributed by atoms with E-state index < -0.39 is 0 Å². The van der Waals surface area contributed by atoms with Crippen LogP contribution in [0.5, 0.6) is 5.75 Å². The first-order valence-corrected chi connectivity index (χ1v) is 7.18. The highest BCUT2D eigenvalue weighted by atomic mass is 32.1. The van der Waals surface area contributed by atoms with Crippen LogP contribution in [0, 0.1) is 20.8 Å². The number of nitrogens with zero attached hydrogens (tertiary/aromatic N) is 1. The molecule has 1 unspecified atom stereocenters. The van der Waals surface area contributed by atoms with E-state index in [2.05, 4.69) is 37.1 Å². The third-order valence-electron chi connectivity index (χ3n) is 3.08. The molecular weight excluding hydrogens is 256 g/mol. The Kier molecular flexibility index (Phi) is 4.10. The summed E-state index contributed by atoms with van der Waals surface area (Å²) >= 11 is 1.74. The number of thiazole rings is 1.